The van der Waals surface area contributed by atoms with Crippen molar-refractivity contribution >= 4 is 26.7 Å². The molecule has 1 aliphatic rings. The molecule has 1 saturated heterocycles. The number of aromatic nitrogens is 1. The van der Waals surface area contributed by atoms with Gasteiger partial charge < -0.3 is 19.5 Å². The SMILES string of the molecule is COc1cccc2sc(NC3COCCO3)nc12. The lowest BCUT2D eigenvalue weighted by atomic mass is 10.3. The van der Waals surface area contributed by atoms with Crippen LogP contribution in [0.25, 0.3) is 10.2 Å². The Balaban J connectivity index is 1.84. The highest BCUT2D eigenvalue weighted by molar-refractivity contribution is 7.22. The maximum absolute atomic E-state index is 5.53. The van der Waals surface area contributed by atoms with Gasteiger partial charge >= 0.3 is 0 Å². The minimum Gasteiger partial charge on any atom is -0.494 e. The number of nitrogens with one attached hydrogen (secondary N) is 1. The van der Waals surface area contributed by atoms with Crippen LogP contribution in [0.15, 0.2) is 18.2 Å². The number of methoxy groups -OCH3 is 1. The zero-order valence-corrected chi connectivity index (χ0v) is 10.8. The van der Waals surface area contributed by atoms with Gasteiger partial charge in [0.2, 0.25) is 0 Å². The van der Waals surface area contributed by atoms with Crippen molar-refractivity contribution < 1.29 is 14.2 Å². The molecule has 1 atom stereocenters. The maximum atomic E-state index is 5.53. The molecule has 0 saturated carbocycles. The number of rotatable bonds is 3. The van der Waals surface area contributed by atoms with Crippen molar-refractivity contribution in [2.24, 2.45) is 0 Å². The summed E-state index contributed by atoms with van der Waals surface area (Å²) in [7, 11) is 1.65. The van der Waals surface area contributed by atoms with Gasteiger partial charge in [-0.2, -0.15) is 0 Å². The van der Waals surface area contributed by atoms with E-state index in [9.17, 15) is 0 Å². The molecule has 0 amide bonds. The molecule has 0 spiro atoms. The Morgan fingerprint density at radius 3 is 3.17 bits per heavy atom. The van der Waals surface area contributed by atoms with Crippen LogP contribution in [-0.2, 0) is 9.47 Å². The lowest BCUT2D eigenvalue weighted by molar-refractivity contribution is -0.0756. The second-order valence-corrected chi connectivity index (χ2v) is 4.94. The third-order valence-corrected chi connectivity index (χ3v) is 3.65. The van der Waals surface area contributed by atoms with Gasteiger partial charge in [-0.3, -0.25) is 0 Å². The largest absolute Gasteiger partial charge is 0.494 e. The second-order valence-electron chi connectivity index (χ2n) is 3.90. The Morgan fingerprint density at radius 2 is 2.39 bits per heavy atom. The number of benzene rings is 1. The fraction of sp³-hybridized carbons (Fsp3) is 0.417. The molecule has 1 N–H and O–H groups in total. The van der Waals surface area contributed by atoms with E-state index in [1.165, 1.54) is 0 Å². The normalized spacial score (nSPS) is 19.9. The third-order valence-electron chi connectivity index (χ3n) is 2.70. The summed E-state index contributed by atoms with van der Waals surface area (Å²) in [5.74, 6) is 0.789. The van der Waals surface area contributed by atoms with Crippen molar-refractivity contribution in [3.05, 3.63) is 18.2 Å². The number of hydrogen-bond acceptors (Lipinski definition) is 6. The maximum Gasteiger partial charge on any atom is 0.185 e. The molecule has 6 heteroatoms. The van der Waals surface area contributed by atoms with Gasteiger partial charge in [-0.25, -0.2) is 4.98 Å². The first-order valence-electron chi connectivity index (χ1n) is 5.76. The Hall–Kier alpha value is -1.37. The molecule has 1 fully saturated rings. The van der Waals surface area contributed by atoms with E-state index in [0.717, 1.165) is 21.1 Å². The van der Waals surface area contributed by atoms with Gasteiger partial charge in [0, 0.05) is 0 Å². The van der Waals surface area contributed by atoms with Crippen LogP contribution in [0.4, 0.5) is 5.13 Å². The average Bonchev–Trinajstić information content (AvgIpc) is 2.82. The molecule has 96 valence electrons. The summed E-state index contributed by atoms with van der Waals surface area (Å²) in [4.78, 5) is 4.52. The lowest BCUT2D eigenvalue weighted by Gasteiger charge is -2.23. The summed E-state index contributed by atoms with van der Waals surface area (Å²) in [5, 5.41) is 4.05. The summed E-state index contributed by atoms with van der Waals surface area (Å²) < 4.78 is 17.3. The Kier molecular flexibility index (Phi) is 3.31. The van der Waals surface area contributed by atoms with Gasteiger partial charge in [-0.15, -0.1) is 0 Å². The summed E-state index contributed by atoms with van der Waals surface area (Å²) in [5.41, 5.74) is 0.879. The van der Waals surface area contributed by atoms with E-state index in [0.29, 0.717) is 19.8 Å². The quantitative estimate of drug-likeness (QED) is 0.922. The Bertz CT molecular complexity index is 537. The van der Waals surface area contributed by atoms with E-state index in [1.807, 2.05) is 18.2 Å². The molecule has 1 unspecified atom stereocenters. The van der Waals surface area contributed by atoms with Gasteiger partial charge in [0.05, 0.1) is 31.6 Å². The number of para-hydroxylation sites is 1. The number of fused-ring (bicyclic) bond motifs is 1. The standard InChI is InChI=1S/C12H14N2O3S/c1-15-8-3-2-4-9-11(8)14-12(18-9)13-10-7-16-5-6-17-10/h2-4,10H,5-7H2,1H3,(H,13,14). The molecule has 0 bridgehead atoms. The van der Waals surface area contributed by atoms with Crippen LogP contribution in [0, 0.1) is 0 Å². The van der Waals surface area contributed by atoms with E-state index >= 15 is 0 Å². The topological polar surface area (TPSA) is 52.6 Å². The predicted octanol–water partition coefficient (Wildman–Crippen LogP) is 2.09. The monoisotopic (exact) mass is 266 g/mol. The van der Waals surface area contributed by atoms with Gasteiger partial charge in [0.1, 0.15) is 11.3 Å². The van der Waals surface area contributed by atoms with Crippen molar-refractivity contribution in [2.75, 3.05) is 32.2 Å². The fourth-order valence-corrected chi connectivity index (χ4v) is 2.78. The summed E-state index contributed by atoms with van der Waals surface area (Å²) >= 11 is 1.58. The van der Waals surface area contributed by atoms with Crippen LogP contribution in [0.1, 0.15) is 0 Å². The minimum atomic E-state index is -0.120. The van der Waals surface area contributed by atoms with Crippen molar-refractivity contribution in [2.45, 2.75) is 6.23 Å². The number of nitrogens with zero attached hydrogens (tertiary/aromatic N) is 1. The zero-order chi connectivity index (χ0) is 12.4. The van der Waals surface area contributed by atoms with Crippen molar-refractivity contribution in [3.8, 4) is 5.75 Å². The van der Waals surface area contributed by atoms with E-state index in [4.69, 9.17) is 14.2 Å². The summed E-state index contributed by atoms with van der Waals surface area (Å²) in [6.45, 7) is 1.82. The first kappa shape index (κ1) is 11.7. The number of anilines is 1. The van der Waals surface area contributed by atoms with Crippen LogP contribution in [0.3, 0.4) is 0 Å². The first-order chi connectivity index (χ1) is 8.86. The highest BCUT2D eigenvalue weighted by Crippen LogP contribution is 2.32. The van der Waals surface area contributed by atoms with Crippen molar-refractivity contribution in [3.63, 3.8) is 0 Å². The molecule has 18 heavy (non-hydrogen) atoms. The van der Waals surface area contributed by atoms with Crippen molar-refractivity contribution in [1.82, 2.24) is 4.98 Å². The molecule has 1 aromatic heterocycles. The highest BCUT2D eigenvalue weighted by Gasteiger charge is 2.16. The predicted molar refractivity (Wildman–Crippen MR) is 70.4 cm³/mol. The molecule has 2 heterocycles. The Morgan fingerprint density at radius 1 is 1.44 bits per heavy atom. The van der Waals surface area contributed by atoms with Crippen LogP contribution < -0.4 is 10.1 Å². The minimum absolute atomic E-state index is 0.120. The average molecular weight is 266 g/mol. The van der Waals surface area contributed by atoms with Gasteiger partial charge in [-0.1, -0.05) is 17.4 Å². The lowest BCUT2D eigenvalue weighted by Crippen LogP contribution is -2.34. The molecule has 1 aromatic carbocycles. The van der Waals surface area contributed by atoms with Crippen LogP contribution in [0.5, 0.6) is 5.75 Å². The van der Waals surface area contributed by atoms with E-state index < -0.39 is 0 Å². The Labute approximate surface area is 109 Å². The fourth-order valence-electron chi connectivity index (χ4n) is 1.86. The van der Waals surface area contributed by atoms with Gasteiger partial charge in [-0.05, 0) is 12.1 Å². The molecule has 0 radical (unpaired) electrons. The smallest absolute Gasteiger partial charge is 0.185 e. The zero-order valence-electron chi connectivity index (χ0n) is 10.0. The van der Waals surface area contributed by atoms with Gasteiger partial charge in [0.25, 0.3) is 0 Å². The van der Waals surface area contributed by atoms with E-state index in [-0.39, 0.29) is 6.23 Å². The molecular formula is C12H14N2O3S. The van der Waals surface area contributed by atoms with E-state index in [1.54, 1.807) is 18.4 Å². The molecule has 3 rings (SSSR count). The number of ether oxygens (including phenoxy) is 3. The highest BCUT2D eigenvalue weighted by atomic mass is 32.1. The molecule has 1 aliphatic heterocycles. The molecule has 0 aliphatic carbocycles. The molecule has 2 aromatic rings. The number of thiazole rings is 1. The van der Waals surface area contributed by atoms with Gasteiger partial charge in [0.15, 0.2) is 11.4 Å². The van der Waals surface area contributed by atoms with E-state index in [2.05, 4.69) is 10.3 Å². The molecular weight excluding hydrogens is 252 g/mol. The summed E-state index contributed by atoms with van der Waals surface area (Å²) in [6, 6.07) is 5.90. The van der Waals surface area contributed by atoms with Crippen LogP contribution >= 0.6 is 11.3 Å². The second kappa shape index (κ2) is 5.09. The van der Waals surface area contributed by atoms with Crippen molar-refractivity contribution in [1.29, 1.82) is 0 Å². The molecule has 5 nitrogen and oxygen atoms in total. The third kappa shape index (κ3) is 2.27. The first-order valence-corrected chi connectivity index (χ1v) is 6.58. The number of hydrogen-bond donors (Lipinski definition) is 1. The van der Waals surface area contributed by atoms with Crippen LogP contribution in [0.2, 0.25) is 0 Å². The van der Waals surface area contributed by atoms with Crippen LogP contribution in [-0.4, -0.2) is 38.1 Å². The summed E-state index contributed by atoms with van der Waals surface area (Å²) in [6.07, 6.45) is -0.120.